The molecular weight excluding hydrogens is 942 g/mol. The van der Waals surface area contributed by atoms with E-state index >= 15 is 0 Å². The minimum atomic E-state index is 0. The Morgan fingerprint density at radius 1 is 0.415 bits per heavy atom. The Morgan fingerprint density at radius 3 is 0.815 bits per heavy atom. The van der Waals surface area contributed by atoms with Gasteiger partial charge in [0.1, 0.15) is 0 Å². The van der Waals surface area contributed by atoms with Gasteiger partial charge < -0.3 is 54.2 Å². The molecule has 1 aliphatic carbocycles. The Morgan fingerprint density at radius 2 is 0.662 bits per heavy atom. The van der Waals surface area contributed by atoms with E-state index < -0.39 is 0 Å². The Bertz CT molecular complexity index is 765. The van der Waals surface area contributed by atoms with Gasteiger partial charge in [-0.25, -0.2) is 0 Å². The fourth-order valence-electron chi connectivity index (χ4n) is 6.03. The maximum absolute atomic E-state index is 3.64. The van der Waals surface area contributed by atoms with Gasteiger partial charge in [0.05, 0.1) is 0 Å². The molecule has 0 radical (unpaired) electrons. The van der Waals surface area contributed by atoms with Crippen molar-refractivity contribution in [2.45, 2.75) is 248 Å². The molecular formula is C59H130N4Y2. The first-order chi connectivity index (χ1) is 28.3. The van der Waals surface area contributed by atoms with Crippen LogP contribution in [-0.4, -0.2) is 98.6 Å². The summed E-state index contributed by atoms with van der Waals surface area (Å²) in [5.41, 5.74) is 1.99. The van der Waals surface area contributed by atoms with Crippen LogP contribution in [0.15, 0.2) is 0 Å². The molecule has 4 nitrogen and oxygen atoms in total. The van der Waals surface area contributed by atoms with E-state index in [0.29, 0.717) is 21.8 Å². The number of rotatable bonds is 4. The second-order valence-electron chi connectivity index (χ2n) is 23.9. The standard InChI is InChI=1S/C10H21N.C9H20N2.C8H16.C6H13N.C5H12.2C5H10.2C4H9.C2H6.CH4.2Y/c1-10(2,3)9-5-7-11(4)8-6-9;1-9(2,3)11-7-5-10(4)6-8-11;1-8(2,3)7-5-4-6-7;1-7-5-3-2-4-6-7;1-5(2,3)4;2*1-3-5-4-2;2*1-4(2)3;1-2;;;/h9H,5-8H2,1-4H3;5-8H2,1-4H3;7H,4-6H2,1-3H3;2-6H2,1H3;1-4H3;2*1-5H2;2*1-3H3;1-2H3;1H4;;/q;;;;;2*-2;2*-1;;;2*+3. The van der Waals surface area contributed by atoms with Crippen LogP contribution in [0.2, 0.25) is 0 Å². The molecule has 392 valence electrons. The molecule has 0 N–H and O–H groups in total. The molecule has 0 unspecified atom stereocenters. The van der Waals surface area contributed by atoms with Gasteiger partial charge in [0, 0.05) is 31.7 Å². The Labute approximate surface area is 470 Å². The van der Waals surface area contributed by atoms with Crippen molar-refractivity contribution >= 4 is 0 Å². The number of hydrogen-bond acceptors (Lipinski definition) is 4. The molecule has 4 rings (SSSR count). The van der Waals surface area contributed by atoms with Crippen molar-refractivity contribution in [1.29, 1.82) is 0 Å². The minimum absolute atomic E-state index is 0. The first-order valence-corrected chi connectivity index (χ1v) is 25.8. The van der Waals surface area contributed by atoms with E-state index in [1.165, 1.54) is 128 Å². The van der Waals surface area contributed by atoms with E-state index in [1.807, 2.05) is 13.8 Å². The van der Waals surface area contributed by atoms with Gasteiger partial charge in [-0.3, -0.25) is 4.90 Å². The van der Waals surface area contributed by atoms with Crippen molar-refractivity contribution in [3.8, 4) is 0 Å². The maximum Gasteiger partial charge on any atom is 3.00 e. The summed E-state index contributed by atoms with van der Waals surface area (Å²) < 4.78 is 0. The summed E-state index contributed by atoms with van der Waals surface area (Å²) in [6, 6.07) is 0. The van der Waals surface area contributed by atoms with Gasteiger partial charge in [-0.1, -0.05) is 103 Å². The topological polar surface area (TPSA) is 13.0 Å². The number of hydrogen-bond donors (Lipinski definition) is 0. The summed E-state index contributed by atoms with van der Waals surface area (Å²) in [5.74, 6) is 4.81. The van der Waals surface area contributed by atoms with Crippen LogP contribution in [0.5, 0.6) is 0 Å². The third-order valence-electron chi connectivity index (χ3n) is 10.3. The van der Waals surface area contributed by atoms with E-state index in [0.717, 1.165) is 37.5 Å². The summed E-state index contributed by atoms with van der Waals surface area (Å²) >= 11 is 0. The smallest absolute Gasteiger partial charge is 0.343 e. The molecule has 4 fully saturated rings. The summed E-state index contributed by atoms with van der Waals surface area (Å²) in [6.45, 7) is 70.9. The van der Waals surface area contributed by atoms with Gasteiger partial charge >= 0.3 is 65.4 Å². The number of likely N-dealkylation sites (tertiary alicyclic amines) is 2. The van der Waals surface area contributed by atoms with Gasteiger partial charge in [-0.15, -0.1) is 12.8 Å². The predicted molar refractivity (Wildman–Crippen MR) is 300 cm³/mol. The second kappa shape index (κ2) is 53.8. The van der Waals surface area contributed by atoms with Crippen LogP contribution in [0.4, 0.5) is 0 Å². The monoisotopic (exact) mass is 1070 g/mol. The Hall–Kier alpha value is 2.05. The molecule has 0 aromatic rings. The van der Waals surface area contributed by atoms with Gasteiger partial charge in [0.25, 0.3) is 0 Å². The summed E-state index contributed by atoms with van der Waals surface area (Å²) in [4.78, 5) is 9.76. The Kier molecular flexibility index (Phi) is 71.9. The van der Waals surface area contributed by atoms with Crippen molar-refractivity contribution in [2.24, 2.45) is 28.1 Å². The molecule has 0 aromatic heterocycles. The number of unbranched alkanes of at least 4 members (excludes halogenated alkanes) is 4. The van der Waals surface area contributed by atoms with Crippen molar-refractivity contribution in [1.82, 2.24) is 19.6 Å². The summed E-state index contributed by atoms with van der Waals surface area (Å²) in [7, 11) is 6.61. The molecule has 0 aromatic carbocycles. The van der Waals surface area contributed by atoms with E-state index in [9.17, 15) is 0 Å². The average molecular weight is 1070 g/mol. The largest absolute Gasteiger partial charge is 3.00 e. The molecule has 4 aliphatic rings. The minimum Gasteiger partial charge on any atom is -0.343 e. The molecule has 6 heteroatoms. The van der Waals surface area contributed by atoms with Crippen molar-refractivity contribution in [3.63, 3.8) is 0 Å². The fraction of sp³-hybridized carbons (Fsp3) is 0.898. The Balaban J connectivity index is -0.0000000786. The molecule has 1 saturated carbocycles. The van der Waals surface area contributed by atoms with Crippen molar-refractivity contribution in [2.75, 3.05) is 73.5 Å². The number of piperidine rings is 2. The van der Waals surface area contributed by atoms with Crippen LogP contribution < -0.4 is 0 Å². The number of likely N-dealkylation sites (N-methyl/N-ethyl adjacent to an activating group) is 1. The van der Waals surface area contributed by atoms with Crippen LogP contribution in [0.25, 0.3) is 0 Å². The predicted octanol–water partition coefficient (Wildman–Crippen LogP) is 17.9. The molecule has 65 heavy (non-hydrogen) atoms. The van der Waals surface area contributed by atoms with E-state index in [-0.39, 0.29) is 72.8 Å². The molecule has 0 bridgehead atoms. The van der Waals surface area contributed by atoms with E-state index in [1.54, 1.807) is 0 Å². The fourth-order valence-corrected chi connectivity index (χ4v) is 6.03. The van der Waals surface area contributed by atoms with Crippen LogP contribution in [0.3, 0.4) is 0 Å². The number of piperazine rings is 1. The number of nitrogens with zero attached hydrogens (tertiary/aromatic N) is 4. The SMILES string of the molecule is C.CC.CC(C)(C)C.CC(C)(C)C1CCC1.CN1CCC(C(C)(C)C)CC1.CN1CCCCC1.CN1CCN(C(C)(C)C)CC1.C[C-](C)C.C[C-](C)C.[CH2-]CCC[CH2-].[CH2-]CCC[CH2-].[Y+3].[Y+3]. The van der Waals surface area contributed by atoms with Crippen molar-refractivity contribution in [3.05, 3.63) is 39.5 Å². The first kappa shape index (κ1) is 86.8. The molecule has 0 atom stereocenters. The van der Waals surface area contributed by atoms with Gasteiger partial charge in [-0.05, 0) is 135 Å². The maximum atomic E-state index is 3.64. The second-order valence-corrected chi connectivity index (χ2v) is 23.9. The third-order valence-corrected chi connectivity index (χ3v) is 10.3. The normalized spacial score (nSPS) is 17.1. The zero-order valence-corrected chi connectivity index (χ0v) is 55.2. The van der Waals surface area contributed by atoms with Crippen molar-refractivity contribution < 1.29 is 65.4 Å². The zero-order chi connectivity index (χ0) is 50.2. The molecule has 3 saturated heterocycles. The summed E-state index contributed by atoms with van der Waals surface area (Å²) in [5, 5.41) is 0. The first-order valence-electron chi connectivity index (χ1n) is 25.8. The summed E-state index contributed by atoms with van der Waals surface area (Å²) in [6.07, 6.45) is 17.9. The van der Waals surface area contributed by atoms with Gasteiger partial charge in [0.15, 0.2) is 0 Å². The van der Waals surface area contributed by atoms with Crippen LogP contribution in [0, 0.1) is 67.6 Å². The molecule has 0 spiro atoms. The average Bonchev–Trinajstić information content (AvgIpc) is 3.09. The van der Waals surface area contributed by atoms with Gasteiger partial charge in [0.2, 0.25) is 0 Å². The zero-order valence-electron chi connectivity index (χ0n) is 49.5. The quantitative estimate of drug-likeness (QED) is 0.260. The molecule has 3 heterocycles. The van der Waals surface area contributed by atoms with Crippen LogP contribution in [-0.2, 0) is 65.4 Å². The van der Waals surface area contributed by atoms with E-state index in [2.05, 4.69) is 200 Å². The van der Waals surface area contributed by atoms with Crippen LogP contribution >= 0.6 is 0 Å². The molecule has 0 amide bonds. The third kappa shape index (κ3) is 80.4. The van der Waals surface area contributed by atoms with Gasteiger partial charge in [-0.2, -0.15) is 67.2 Å². The van der Waals surface area contributed by atoms with Crippen LogP contribution in [0.1, 0.15) is 243 Å². The molecule has 3 aliphatic heterocycles. The van der Waals surface area contributed by atoms with E-state index in [4.69, 9.17) is 0 Å².